The van der Waals surface area contributed by atoms with Crippen LogP contribution < -0.4 is 5.32 Å². The number of carbonyl (C=O) groups excluding carboxylic acids is 1. The van der Waals surface area contributed by atoms with Gasteiger partial charge in [0.25, 0.3) is 11.6 Å². The third-order valence-corrected chi connectivity index (χ3v) is 2.61. The third-order valence-electron chi connectivity index (χ3n) is 2.61. The Hall–Kier alpha value is -2.90. The van der Waals surface area contributed by atoms with Gasteiger partial charge in [0.15, 0.2) is 11.6 Å². The summed E-state index contributed by atoms with van der Waals surface area (Å²) in [7, 11) is 0. The van der Waals surface area contributed by atoms with E-state index in [1.807, 2.05) is 0 Å². The largest absolute Gasteiger partial charge is 0.306 e. The number of carbonyl (C=O) groups is 1. The third kappa shape index (κ3) is 3.16. The van der Waals surface area contributed by atoms with E-state index in [0.29, 0.717) is 17.8 Å². The number of aryl methyl sites for hydroxylation is 1. The van der Waals surface area contributed by atoms with Crippen LogP contribution >= 0.6 is 0 Å². The van der Waals surface area contributed by atoms with Crippen LogP contribution in [0.2, 0.25) is 0 Å². The number of pyridine rings is 1. The number of amides is 1. The van der Waals surface area contributed by atoms with Crippen molar-refractivity contribution in [3.63, 3.8) is 0 Å². The van der Waals surface area contributed by atoms with Gasteiger partial charge in [0.05, 0.1) is 11.0 Å². The molecule has 21 heavy (non-hydrogen) atoms. The number of anilines is 1. The Labute approximate surface area is 117 Å². The average Bonchev–Trinajstić information content (AvgIpc) is 2.41. The first-order valence-electron chi connectivity index (χ1n) is 5.77. The molecule has 8 heteroatoms. The van der Waals surface area contributed by atoms with Crippen molar-refractivity contribution in [2.75, 3.05) is 5.32 Å². The van der Waals surface area contributed by atoms with E-state index in [1.165, 1.54) is 6.07 Å². The fraction of sp³-hybridized carbons (Fsp3) is 0.0769. The molecule has 1 aromatic carbocycles. The quantitative estimate of drug-likeness (QED) is 0.696. The lowest BCUT2D eigenvalue weighted by molar-refractivity contribution is -0.385. The first-order chi connectivity index (χ1) is 9.88. The topological polar surface area (TPSA) is 85.1 Å². The molecule has 2 rings (SSSR count). The highest BCUT2D eigenvalue weighted by molar-refractivity contribution is 6.06. The van der Waals surface area contributed by atoms with Gasteiger partial charge < -0.3 is 5.32 Å². The molecule has 0 aliphatic carbocycles. The molecule has 0 radical (unpaired) electrons. The van der Waals surface area contributed by atoms with Crippen molar-refractivity contribution in [1.29, 1.82) is 0 Å². The Morgan fingerprint density at radius 2 is 1.95 bits per heavy atom. The van der Waals surface area contributed by atoms with Crippen LogP contribution in [0, 0.1) is 28.7 Å². The van der Waals surface area contributed by atoms with Gasteiger partial charge in [-0.2, -0.15) is 0 Å². The van der Waals surface area contributed by atoms with Crippen molar-refractivity contribution < 1.29 is 18.5 Å². The van der Waals surface area contributed by atoms with Gasteiger partial charge in [-0.25, -0.2) is 13.8 Å². The van der Waals surface area contributed by atoms with Crippen LogP contribution in [0.4, 0.5) is 20.3 Å². The molecule has 108 valence electrons. The lowest BCUT2D eigenvalue weighted by atomic mass is 10.1. The number of aromatic nitrogens is 1. The van der Waals surface area contributed by atoms with E-state index in [1.54, 1.807) is 19.1 Å². The van der Waals surface area contributed by atoms with E-state index >= 15 is 0 Å². The van der Waals surface area contributed by atoms with E-state index in [4.69, 9.17) is 0 Å². The maximum Gasteiger partial charge on any atom is 0.285 e. The molecule has 1 aromatic heterocycles. The molecule has 0 fully saturated rings. The minimum absolute atomic E-state index is 0.152. The SMILES string of the molecule is Cc1cccc(NC(=O)c2cc(F)c(F)cc2[N+](=O)[O-])n1. The summed E-state index contributed by atoms with van der Waals surface area (Å²) in [4.78, 5) is 25.8. The monoisotopic (exact) mass is 293 g/mol. The number of rotatable bonds is 3. The molecule has 1 heterocycles. The number of hydrogen-bond acceptors (Lipinski definition) is 4. The highest BCUT2D eigenvalue weighted by Crippen LogP contribution is 2.23. The predicted octanol–water partition coefficient (Wildman–Crippen LogP) is 2.83. The minimum Gasteiger partial charge on any atom is -0.306 e. The molecule has 0 aliphatic heterocycles. The van der Waals surface area contributed by atoms with Gasteiger partial charge in [-0.3, -0.25) is 14.9 Å². The Kier molecular flexibility index (Phi) is 3.88. The predicted molar refractivity (Wildman–Crippen MR) is 69.9 cm³/mol. The zero-order valence-corrected chi connectivity index (χ0v) is 10.8. The van der Waals surface area contributed by atoms with Gasteiger partial charge in [-0.15, -0.1) is 0 Å². The zero-order valence-electron chi connectivity index (χ0n) is 10.8. The summed E-state index contributed by atoms with van der Waals surface area (Å²) in [6, 6.07) is 5.64. The lowest BCUT2D eigenvalue weighted by Crippen LogP contribution is -2.15. The summed E-state index contributed by atoms with van der Waals surface area (Å²) in [5.74, 6) is -3.53. The summed E-state index contributed by atoms with van der Waals surface area (Å²) in [6.45, 7) is 1.69. The molecule has 1 N–H and O–H groups in total. The summed E-state index contributed by atoms with van der Waals surface area (Å²) >= 11 is 0. The summed E-state index contributed by atoms with van der Waals surface area (Å²) < 4.78 is 26.2. The molecule has 0 saturated carbocycles. The molecule has 2 aromatic rings. The van der Waals surface area contributed by atoms with Crippen molar-refractivity contribution in [3.8, 4) is 0 Å². The molecule has 0 saturated heterocycles. The number of nitro benzene ring substituents is 1. The fourth-order valence-corrected chi connectivity index (χ4v) is 1.67. The second-order valence-electron chi connectivity index (χ2n) is 4.16. The van der Waals surface area contributed by atoms with Gasteiger partial charge in [0, 0.05) is 5.69 Å². The van der Waals surface area contributed by atoms with E-state index in [2.05, 4.69) is 10.3 Å². The first-order valence-corrected chi connectivity index (χ1v) is 5.77. The van der Waals surface area contributed by atoms with Gasteiger partial charge in [0.2, 0.25) is 0 Å². The maximum absolute atomic E-state index is 13.2. The van der Waals surface area contributed by atoms with Crippen LogP contribution in [-0.2, 0) is 0 Å². The van der Waals surface area contributed by atoms with Crippen LogP contribution in [0.5, 0.6) is 0 Å². The van der Waals surface area contributed by atoms with E-state index in [-0.39, 0.29) is 5.82 Å². The van der Waals surface area contributed by atoms with Crippen molar-refractivity contribution in [2.45, 2.75) is 6.92 Å². The number of nitrogens with one attached hydrogen (secondary N) is 1. The van der Waals surface area contributed by atoms with Crippen LogP contribution in [0.25, 0.3) is 0 Å². The molecule has 0 unspecified atom stereocenters. The van der Waals surface area contributed by atoms with Crippen LogP contribution in [-0.4, -0.2) is 15.8 Å². The molecule has 0 spiro atoms. The molecule has 0 atom stereocenters. The van der Waals surface area contributed by atoms with Crippen LogP contribution in [0.15, 0.2) is 30.3 Å². The maximum atomic E-state index is 13.2. The second kappa shape index (κ2) is 5.61. The van der Waals surface area contributed by atoms with Gasteiger partial charge in [-0.1, -0.05) is 6.07 Å². The molecule has 6 nitrogen and oxygen atoms in total. The van der Waals surface area contributed by atoms with E-state index in [9.17, 15) is 23.7 Å². The molecule has 0 aliphatic rings. The van der Waals surface area contributed by atoms with Gasteiger partial charge >= 0.3 is 0 Å². The van der Waals surface area contributed by atoms with Gasteiger partial charge in [0.1, 0.15) is 11.4 Å². The van der Waals surface area contributed by atoms with Crippen molar-refractivity contribution in [3.05, 3.63) is 63.3 Å². The van der Waals surface area contributed by atoms with Gasteiger partial charge in [-0.05, 0) is 25.1 Å². The van der Waals surface area contributed by atoms with Crippen molar-refractivity contribution >= 4 is 17.4 Å². The van der Waals surface area contributed by atoms with E-state index in [0.717, 1.165) is 0 Å². The summed E-state index contributed by atoms with van der Waals surface area (Å²) in [5, 5.41) is 13.1. The number of halogens is 2. The summed E-state index contributed by atoms with van der Waals surface area (Å²) in [6.07, 6.45) is 0. The van der Waals surface area contributed by atoms with Crippen molar-refractivity contribution in [2.24, 2.45) is 0 Å². The van der Waals surface area contributed by atoms with Crippen molar-refractivity contribution in [1.82, 2.24) is 4.98 Å². The first kappa shape index (κ1) is 14.5. The second-order valence-corrected chi connectivity index (χ2v) is 4.16. The molecule has 0 bridgehead atoms. The fourth-order valence-electron chi connectivity index (χ4n) is 1.67. The highest BCUT2D eigenvalue weighted by atomic mass is 19.2. The number of hydrogen-bond donors (Lipinski definition) is 1. The smallest absolute Gasteiger partial charge is 0.285 e. The number of nitrogens with zero attached hydrogens (tertiary/aromatic N) is 2. The average molecular weight is 293 g/mol. The standard InChI is InChI=1S/C13H9F2N3O3/c1-7-3-2-4-12(16-7)17-13(19)8-5-9(14)10(15)6-11(8)18(20)21/h2-6H,1H3,(H,16,17,19). The van der Waals surface area contributed by atoms with Crippen LogP contribution in [0.3, 0.4) is 0 Å². The highest BCUT2D eigenvalue weighted by Gasteiger charge is 2.24. The normalized spacial score (nSPS) is 10.2. The molecule has 1 amide bonds. The Bertz CT molecular complexity index is 735. The summed E-state index contributed by atoms with van der Waals surface area (Å²) in [5.41, 5.74) is -0.783. The number of benzene rings is 1. The molecular weight excluding hydrogens is 284 g/mol. The van der Waals surface area contributed by atoms with E-state index < -0.39 is 33.7 Å². The number of nitro groups is 1. The zero-order chi connectivity index (χ0) is 15.6. The Morgan fingerprint density at radius 1 is 1.29 bits per heavy atom. The molecular formula is C13H9F2N3O3. The van der Waals surface area contributed by atoms with Crippen LogP contribution in [0.1, 0.15) is 16.1 Å². The Balaban J connectivity index is 2.39. The lowest BCUT2D eigenvalue weighted by Gasteiger charge is -2.06. The Morgan fingerprint density at radius 3 is 2.57 bits per heavy atom. The minimum atomic E-state index is -1.40.